The van der Waals surface area contributed by atoms with Crippen LogP contribution in [0.25, 0.3) is 10.9 Å². The minimum Gasteiger partial charge on any atom is -0.453 e. The second-order valence-electron chi connectivity index (χ2n) is 4.78. The summed E-state index contributed by atoms with van der Waals surface area (Å²) in [5.74, 6) is -0.188. The summed E-state index contributed by atoms with van der Waals surface area (Å²) < 4.78 is 5.19. The molecule has 22 heavy (non-hydrogen) atoms. The third kappa shape index (κ3) is 3.41. The van der Waals surface area contributed by atoms with Gasteiger partial charge in [-0.2, -0.15) is 0 Å². The first-order valence-corrected chi connectivity index (χ1v) is 7.04. The Morgan fingerprint density at radius 1 is 1.18 bits per heavy atom. The Hall–Kier alpha value is -2.89. The molecule has 1 aromatic carbocycles. The molecule has 6 heteroatoms. The van der Waals surface area contributed by atoms with Crippen molar-refractivity contribution in [3.05, 3.63) is 54.5 Å². The number of H-pyrrole nitrogens is 1. The molecular formula is C16H16N4O2. The number of benzene rings is 1. The maximum atomic E-state index is 11.7. The van der Waals surface area contributed by atoms with Crippen LogP contribution in [0.2, 0.25) is 0 Å². The number of hydrogen-bond donors (Lipinski definition) is 2. The van der Waals surface area contributed by atoms with E-state index >= 15 is 0 Å². The summed E-state index contributed by atoms with van der Waals surface area (Å²) in [6.45, 7) is 0.470. The monoisotopic (exact) mass is 296 g/mol. The van der Waals surface area contributed by atoms with Crippen LogP contribution in [0.4, 0.5) is 0 Å². The molecule has 0 fully saturated rings. The number of nitrogens with zero attached hydrogens (tertiary/aromatic N) is 2. The van der Waals surface area contributed by atoms with E-state index in [0.29, 0.717) is 6.54 Å². The first-order chi connectivity index (χ1) is 10.8. The molecule has 0 saturated carbocycles. The number of ether oxygens (including phenoxy) is 1. The Balaban J connectivity index is 1.45. The van der Waals surface area contributed by atoms with Gasteiger partial charge in [0, 0.05) is 36.0 Å². The molecule has 2 aromatic heterocycles. The Bertz CT molecular complexity index is 755. The highest BCUT2D eigenvalue weighted by molar-refractivity contribution is 5.83. The number of carbonyl (C=O) groups excluding carboxylic acids is 1. The summed E-state index contributed by atoms with van der Waals surface area (Å²) >= 11 is 0. The molecular weight excluding hydrogens is 280 g/mol. The van der Waals surface area contributed by atoms with Crippen LogP contribution in [0.1, 0.15) is 5.56 Å². The zero-order valence-corrected chi connectivity index (χ0v) is 12.0. The van der Waals surface area contributed by atoms with Crippen molar-refractivity contribution in [3.63, 3.8) is 0 Å². The van der Waals surface area contributed by atoms with Crippen molar-refractivity contribution in [2.24, 2.45) is 0 Å². The number of carbonyl (C=O) groups is 1. The van der Waals surface area contributed by atoms with E-state index in [9.17, 15) is 4.79 Å². The standard InChI is InChI=1S/C16H16N4O2/c21-15(11-22-16-18-7-3-8-19-16)17-9-6-12-10-20-14-5-2-1-4-13(12)14/h1-5,7-8,10,20H,6,9,11H2,(H,17,21). The van der Waals surface area contributed by atoms with E-state index < -0.39 is 0 Å². The number of hydrogen-bond acceptors (Lipinski definition) is 4. The predicted molar refractivity (Wildman–Crippen MR) is 82.5 cm³/mol. The SMILES string of the molecule is O=C(COc1ncccn1)NCCc1c[nH]c2ccccc12. The third-order valence-electron chi connectivity index (χ3n) is 3.27. The molecule has 0 aliphatic heterocycles. The topological polar surface area (TPSA) is 79.9 Å². The maximum absolute atomic E-state index is 11.7. The number of amides is 1. The summed E-state index contributed by atoms with van der Waals surface area (Å²) in [4.78, 5) is 22.7. The van der Waals surface area contributed by atoms with Crippen molar-refractivity contribution in [3.8, 4) is 6.01 Å². The predicted octanol–water partition coefficient (Wildman–Crippen LogP) is 1.70. The molecule has 0 aliphatic carbocycles. The second-order valence-corrected chi connectivity index (χ2v) is 4.78. The molecule has 0 atom stereocenters. The van der Waals surface area contributed by atoms with Crippen LogP contribution in [0, 0.1) is 0 Å². The van der Waals surface area contributed by atoms with Gasteiger partial charge < -0.3 is 15.0 Å². The molecule has 0 radical (unpaired) electrons. The van der Waals surface area contributed by atoms with Crippen LogP contribution >= 0.6 is 0 Å². The number of aromatic nitrogens is 3. The van der Waals surface area contributed by atoms with Crippen LogP contribution in [0.15, 0.2) is 48.9 Å². The van der Waals surface area contributed by atoms with Crippen LogP contribution < -0.4 is 10.1 Å². The molecule has 112 valence electrons. The fourth-order valence-corrected chi connectivity index (χ4v) is 2.22. The molecule has 6 nitrogen and oxygen atoms in total. The molecule has 0 unspecified atom stereocenters. The van der Waals surface area contributed by atoms with E-state index in [2.05, 4.69) is 26.3 Å². The van der Waals surface area contributed by atoms with Gasteiger partial charge in [-0.15, -0.1) is 0 Å². The van der Waals surface area contributed by atoms with E-state index in [0.717, 1.165) is 11.9 Å². The normalized spacial score (nSPS) is 10.5. The van der Waals surface area contributed by atoms with Gasteiger partial charge in [-0.05, 0) is 24.1 Å². The molecule has 0 spiro atoms. The van der Waals surface area contributed by atoms with Crippen LogP contribution in [-0.4, -0.2) is 34.0 Å². The number of para-hydroxylation sites is 1. The van der Waals surface area contributed by atoms with Gasteiger partial charge in [-0.1, -0.05) is 18.2 Å². The van der Waals surface area contributed by atoms with Crippen LogP contribution in [0.3, 0.4) is 0 Å². The van der Waals surface area contributed by atoms with Gasteiger partial charge in [0.2, 0.25) is 0 Å². The largest absolute Gasteiger partial charge is 0.453 e. The van der Waals surface area contributed by atoms with E-state index in [4.69, 9.17) is 4.74 Å². The van der Waals surface area contributed by atoms with Crippen LogP contribution in [0.5, 0.6) is 6.01 Å². The van der Waals surface area contributed by atoms with Crippen LogP contribution in [-0.2, 0) is 11.2 Å². The summed E-state index contributed by atoms with van der Waals surface area (Å²) in [5.41, 5.74) is 2.29. The average Bonchev–Trinajstić information content (AvgIpc) is 2.97. The van der Waals surface area contributed by atoms with Crippen molar-refractivity contribution in [2.45, 2.75) is 6.42 Å². The molecule has 0 aliphatic rings. The average molecular weight is 296 g/mol. The van der Waals surface area contributed by atoms with E-state index in [1.165, 1.54) is 10.9 Å². The smallest absolute Gasteiger partial charge is 0.316 e. The lowest BCUT2D eigenvalue weighted by molar-refractivity contribution is -0.123. The number of rotatable bonds is 6. The van der Waals surface area contributed by atoms with E-state index in [1.54, 1.807) is 18.5 Å². The molecule has 0 saturated heterocycles. The molecule has 2 heterocycles. The number of fused-ring (bicyclic) bond motifs is 1. The summed E-state index contributed by atoms with van der Waals surface area (Å²) in [6.07, 6.45) is 5.87. The quantitative estimate of drug-likeness (QED) is 0.725. The lowest BCUT2D eigenvalue weighted by atomic mass is 10.1. The van der Waals surface area contributed by atoms with Gasteiger partial charge in [0.25, 0.3) is 5.91 Å². The highest BCUT2D eigenvalue weighted by atomic mass is 16.5. The molecule has 2 N–H and O–H groups in total. The fraction of sp³-hybridized carbons (Fsp3) is 0.188. The van der Waals surface area contributed by atoms with Gasteiger partial charge >= 0.3 is 6.01 Å². The first kappa shape index (κ1) is 14.1. The lowest BCUT2D eigenvalue weighted by Gasteiger charge is -2.05. The third-order valence-corrected chi connectivity index (χ3v) is 3.27. The summed E-state index contributed by atoms with van der Waals surface area (Å²) in [5, 5.41) is 4.01. The highest BCUT2D eigenvalue weighted by Crippen LogP contribution is 2.17. The zero-order chi connectivity index (χ0) is 15.2. The summed E-state index contributed by atoms with van der Waals surface area (Å²) in [7, 11) is 0. The van der Waals surface area contributed by atoms with Crippen molar-refractivity contribution >= 4 is 16.8 Å². The minimum absolute atomic E-state index is 0.0854. The number of nitrogens with one attached hydrogen (secondary N) is 2. The number of aromatic amines is 1. The van der Waals surface area contributed by atoms with E-state index in [1.807, 2.05) is 24.4 Å². The van der Waals surface area contributed by atoms with Crippen molar-refractivity contribution in [2.75, 3.05) is 13.2 Å². The Labute approximate surface area is 127 Å². The van der Waals surface area contributed by atoms with Gasteiger partial charge in [-0.25, -0.2) is 9.97 Å². The Morgan fingerprint density at radius 2 is 2.00 bits per heavy atom. The molecule has 0 bridgehead atoms. The highest BCUT2D eigenvalue weighted by Gasteiger charge is 2.06. The maximum Gasteiger partial charge on any atom is 0.316 e. The molecule has 3 aromatic rings. The zero-order valence-electron chi connectivity index (χ0n) is 12.0. The van der Waals surface area contributed by atoms with Gasteiger partial charge in [0.15, 0.2) is 6.61 Å². The van der Waals surface area contributed by atoms with Gasteiger partial charge in [0.05, 0.1) is 0 Å². The lowest BCUT2D eigenvalue weighted by Crippen LogP contribution is -2.30. The first-order valence-electron chi connectivity index (χ1n) is 7.04. The molecule has 1 amide bonds. The second kappa shape index (κ2) is 6.71. The van der Waals surface area contributed by atoms with Crippen molar-refractivity contribution in [1.82, 2.24) is 20.3 Å². The van der Waals surface area contributed by atoms with Crippen molar-refractivity contribution in [1.29, 1.82) is 0 Å². The van der Waals surface area contributed by atoms with E-state index in [-0.39, 0.29) is 18.5 Å². The minimum atomic E-state index is -0.188. The van der Waals surface area contributed by atoms with Crippen molar-refractivity contribution < 1.29 is 9.53 Å². The summed E-state index contributed by atoms with van der Waals surface area (Å²) in [6, 6.07) is 9.99. The molecule has 3 rings (SSSR count). The van der Waals surface area contributed by atoms with Gasteiger partial charge in [-0.3, -0.25) is 4.79 Å². The fourth-order valence-electron chi connectivity index (χ4n) is 2.22. The Morgan fingerprint density at radius 3 is 2.86 bits per heavy atom. The van der Waals surface area contributed by atoms with Gasteiger partial charge in [0.1, 0.15) is 0 Å². The Kier molecular flexibility index (Phi) is 4.29.